The van der Waals surface area contributed by atoms with Crippen LogP contribution in [0.3, 0.4) is 0 Å². The number of carbonyl (C=O) groups excluding carboxylic acids is 2. The maximum Gasteiger partial charge on any atom is 0.406 e. The van der Waals surface area contributed by atoms with Crippen LogP contribution in [0.15, 0.2) is 0 Å². The van der Waals surface area contributed by atoms with Gasteiger partial charge in [0.2, 0.25) is 0 Å². The smallest absolute Gasteiger partial charge is 0.406 e. The van der Waals surface area contributed by atoms with Gasteiger partial charge in [0.05, 0.1) is 13.7 Å². The van der Waals surface area contributed by atoms with E-state index in [9.17, 15) is 9.59 Å². The van der Waals surface area contributed by atoms with Gasteiger partial charge < -0.3 is 19.5 Å². The first-order valence-corrected chi connectivity index (χ1v) is 7.82. The van der Waals surface area contributed by atoms with Crippen molar-refractivity contribution in [3.8, 4) is 0 Å². The molecule has 1 amide bonds. The summed E-state index contributed by atoms with van der Waals surface area (Å²) >= 11 is 0. The van der Waals surface area contributed by atoms with Gasteiger partial charge in [-0.3, -0.25) is 9.69 Å². The number of carbonyl (C=O) groups is 2. The minimum absolute atomic E-state index is 0.0513. The summed E-state index contributed by atoms with van der Waals surface area (Å²) < 4.78 is 15.3. The molecular formula is C15H28N2O5. The van der Waals surface area contributed by atoms with Gasteiger partial charge in [-0.25, -0.2) is 4.79 Å². The summed E-state index contributed by atoms with van der Waals surface area (Å²) in [5, 5.41) is 2.52. The Morgan fingerprint density at radius 2 is 2.18 bits per heavy atom. The molecule has 1 rings (SSSR count). The fourth-order valence-electron chi connectivity index (χ4n) is 2.32. The number of ether oxygens (including phenoxy) is 3. The Hall–Kier alpha value is -1.34. The molecule has 1 N–H and O–H groups in total. The summed E-state index contributed by atoms with van der Waals surface area (Å²) in [6.07, 6.45) is 0.254. The monoisotopic (exact) mass is 316 g/mol. The predicted octanol–water partition coefficient (Wildman–Crippen LogP) is 1.02. The Kier molecular flexibility index (Phi) is 8.84. The van der Waals surface area contributed by atoms with Crippen LogP contribution in [0.5, 0.6) is 0 Å². The van der Waals surface area contributed by atoms with Crippen LogP contribution in [0.4, 0.5) is 4.79 Å². The first-order valence-electron chi connectivity index (χ1n) is 7.82. The summed E-state index contributed by atoms with van der Waals surface area (Å²) in [6.45, 7) is 8.50. The lowest BCUT2D eigenvalue weighted by atomic mass is 10.2. The minimum atomic E-state index is -0.491. The molecule has 1 heterocycles. The quantitative estimate of drug-likeness (QED) is 0.532. The zero-order valence-electron chi connectivity index (χ0n) is 13.8. The van der Waals surface area contributed by atoms with Crippen LogP contribution >= 0.6 is 0 Å². The van der Waals surface area contributed by atoms with E-state index < -0.39 is 6.09 Å². The van der Waals surface area contributed by atoms with Crippen molar-refractivity contribution >= 4 is 12.1 Å². The molecule has 128 valence electrons. The first-order chi connectivity index (χ1) is 10.5. The average molecular weight is 316 g/mol. The highest BCUT2D eigenvalue weighted by atomic mass is 16.6. The van der Waals surface area contributed by atoms with Crippen molar-refractivity contribution in [3.05, 3.63) is 0 Å². The molecule has 0 aromatic carbocycles. The fourth-order valence-corrected chi connectivity index (χ4v) is 2.32. The second-order valence-corrected chi connectivity index (χ2v) is 5.85. The molecule has 0 aromatic rings. The minimum Gasteiger partial charge on any atom is -0.463 e. The second-order valence-electron chi connectivity index (χ2n) is 5.85. The molecule has 0 spiro atoms. The molecule has 1 fully saturated rings. The summed E-state index contributed by atoms with van der Waals surface area (Å²) in [5.41, 5.74) is 0. The van der Waals surface area contributed by atoms with Gasteiger partial charge >= 0.3 is 12.1 Å². The Morgan fingerprint density at radius 3 is 2.86 bits per heavy atom. The summed E-state index contributed by atoms with van der Waals surface area (Å²) in [7, 11) is 1.30. The van der Waals surface area contributed by atoms with Gasteiger partial charge in [0.25, 0.3) is 0 Å². The number of hydrogen-bond acceptors (Lipinski definition) is 6. The van der Waals surface area contributed by atoms with E-state index in [-0.39, 0.29) is 25.1 Å². The molecule has 22 heavy (non-hydrogen) atoms. The molecule has 1 atom stereocenters. The maximum absolute atomic E-state index is 11.6. The van der Waals surface area contributed by atoms with Gasteiger partial charge in [-0.1, -0.05) is 13.8 Å². The highest BCUT2D eigenvalue weighted by molar-refractivity contribution is 5.69. The van der Waals surface area contributed by atoms with Crippen molar-refractivity contribution in [1.82, 2.24) is 10.2 Å². The molecule has 0 aromatic heterocycles. The average Bonchev–Trinajstić information content (AvgIpc) is 2.49. The number of rotatable bonds is 8. The predicted molar refractivity (Wildman–Crippen MR) is 81.6 cm³/mol. The topological polar surface area (TPSA) is 77.1 Å². The number of nitrogens with zero attached hydrogens (tertiary/aromatic N) is 1. The number of nitrogens with one attached hydrogen (secondary N) is 1. The summed E-state index contributed by atoms with van der Waals surface area (Å²) in [6, 6.07) is 0. The van der Waals surface area contributed by atoms with Gasteiger partial charge in [0.15, 0.2) is 0 Å². The van der Waals surface area contributed by atoms with E-state index in [1.54, 1.807) is 0 Å². The Balaban J connectivity index is 2.11. The van der Waals surface area contributed by atoms with E-state index in [1.165, 1.54) is 7.11 Å². The molecule has 0 saturated carbocycles. The lowest BCUT2D eigenvalue weighted by Gasteiger charge is -2.33. The number of morpholine rings is 1. The van der Waals surface area contributed by atoms with Crippen molar-refractivity contribution in [1.29, 1.82) is 0 Å². The van der Waals surface area contributed by atoms with Crippen LogP contribution in [-0.2, 0) is 19.0 Å². The van der Waals surface area contributed by atoms with Crippen molar-refractivity contribution in [2.75, 3.05) is 46.5 Å². The Labute approximate surface area is 132 Å². The molecule has 7 nitrogen and oxygen atoms in total. The van der Waals surface area contributed by atoms with Crippen LogP contribution in [0.2, 0.25) is 0 Å². The summed E-state index contributed by atoms with van der Waals surface area (Å²) in [5.74, 6) is 0.347. The van der Waals surface area contributed by atoms with Gasteiger partial charge in [-0.05, 0) is 12.3 Å². The molecule has 7 heteroatoms. The second kappa shape index (κ2) is 10.4. The molecule has 1 aliphatic heterocycles. The third-order valence-electron chi connectivity index (χ3n) is 3.29. The van der Waals surface area contributed by atoms with Gasteiger partial charge in [0, 0.05) is 32.6 Å². The first kappa shape index (κ1) is 18.7. The molecule has 1 unspecified atom stereocenters. The normalized spacial score (nSPS) is 19.0. The van der Waals surface area contributed by atoms with E-state index in [0.717, 1.165) is 19.6 Å². The largest absolute Gasteiger partial charge is 0.463 e. The maximum atomic E-state index is 11.6. The third-order valence-corrected chi connectivity index (χ3v) is 3.29. The van der Waals surface area contributed by atoms with Gasteiger partial charge in [0.1, 0.15) is 12.7 Å². The van der Waals surface area contributed by atoms with E-state index in [4.69, 9.17) is 9.47 Å². The highest BCUT2D eigenvalue weighted by Crippen LogP contribution is 2.08. The standard InChI is InChI=1S/C15H28N2O5/c1-12(2)9-17-7-8-21-13(10-17)11-22-14(18)5-4-6-16-15(19)20-3/h12-13H,4-11H2,1-3H3,(H,16,19). The van der Waals surface area contributed by atoms with Crippen LogP contribution < -0.4 is 5.32 Å². The van der Waals surface area contributed by atoms with Crippen LogP contribution in [0.1, 0.15) is 26.7 Å². The number of methoxy groups -OCH3 is 1. The SMILES string of the molecule is COC(=O)NCCCC(=O)OCC1CN(CC(C)C)CCO1. The number of alkyl carbamates (subject to hydrolysis) is 1. The van der Waals surface area contributed by atoms with E-state index in [0.29, 0.717) is 25.5 Å². The third kappa shape index (κ3) is 8.19. The van der Waals surface area contributed by atoms with Crippen molar-refractivity contribution in [2.24, 2.45) is 5.92 Å². The number of esters is 1. The van der Waals surface area contributed by atoms with Gasteiger partial charge in [-0.15, -0.1) is 0 Å². The summed E-state index contributed by atoms with van der Waals surface area (Å²) in [4.78, 5) is 24.8. The Bertz CT molecular complexity index is 349. The zero-order valence-corrected chi connectivity index (χ0v) is 13.8. The zero-order chi connectivity index (χ0) is 16.4. The molecule has 0 bridgehead atoms. The van der Waals surface area contributed by atoms with E-state index in [2.05, 4.69) is 28.8 Å². The van der Waals surface area contributed by atoms with E-state index >= 15 is 0 Å². The molecular weight excluding hydrogens is 288 g/mol. The molecule has 0 aliphatic carbocycles. The lowest BCUT2D eigenvalue weighted by molar-refractivity contribution is -0.150. The van der Waals surface area contributed by atoms with Crippen LogP contribution in [0.25, 0.3) is 0 Å². The number of hydrogen-bond donors (Lipinski definition) is 1. The van der Waals surface area contributed by atoms with E-state index in [1.807, 2.05) is 0 Å². The Morgan fingerprint density at radius 1 is 1.41 bits per heavy atom. The van der Waals surface area contributed by atoms with Gasteiger partial charge in [-0.2, -0.15) is 0 Å². The molecule has 1 aliphatic rings. The highest BCUT2D eigenvalue weighted by Gasteiger charge is 2.22. The van der Waals surface area contributed by atoms with Crippen molar-refractivity contribution in [3.63, 3.8) is 0 Å². The lowest BCUT2D eigenvalue weighted by Crippen LogP contribution is -2.45. The fraction of sp³-hybridized carbons (Fsp3) is 0.867. The molecule has 1 saturated heterocycles. The molecule has 0 radical (unpaired) electrons. The van der Waals surface area contributed by atoms with Crippen molar-refractivity contribution in [2.45, 2.75) is 32.8 Å². The van der Waals surface area contributed by atoms with Crippen LogP contribution in [0, 0.1) is 5.92 Å². The van der Waals surface area contributed by atoms with Crippen LogP contribution in [-0.4, -0.2) is 69.6 Å². The number of amides is 1. The van der Waals surface area contributed by atoms with Crippen molar-refractivity contribution < 1.29 is 23.8 Å².